The first-order valence-corrected chi connectivity index (χ1v) is 10.2. The van der Waals surface area contributed by atoms with Gasteiger partial charge < -0.3 is 9.64 Å². The number of allylic oxidation sites excluding steroid dienone is 4. The van der Waals surface area contributed by atoms with Gasteiger partial charge in [0.2, 0.25) is 0 Å². The largest absolute Gasteiger partial charge is 0.431 e. The molecule has 1 saturated heterocycles. The molecule has 2 fully saturated rings. The number of carbonyl (C=O) groups excluding carboxylic acids is 1. The summed E-state index contributed by atoms with van der Waals surface area (Å²) in [6.45, 7) is 12.9. The Bertz CT molecular complexity index is 652. The van der Waals surface area contributed by atoms with Crippen LogP contribution in [0, 0.1) is 16.7 Å². The van der Waals surface area contributed by atoms with E-state index in [0.29, 0.717) is 6.04 Å². The third kappa shape index (κ3) is 3.31. The van der Waals surface area contributed by atoms with Gasteiger partial charge in [0.15, 0.2) is 0 Å². The van der Waals surface area contributed by atoms with E-state index in [9.17, 15) is 4.79 Å². The van der Waals surface area contributed by atoms with E-state index in [-0.39, 0.29) is 11.4 Å². The zero-order valence-corrected chi connectivity index (χ0v) is 17.2. The quantitative estimate of drug-likeness (QED) is 0.510. The van der Waals surface area contributed by atoms with Crippen molar-refractivity contribution in [2.24, 2.45) is 16.7 Å². The standard InChI is InChI=1S/C23H35NO2/c1-7-17-15-20-18-10-8-9-11-23(18,12-13-24(20)6)19(17)14-16(2)26-21(25)22(3,4)5/h7,14,18,20H,1,8-13,15H2,2-6H3/b16-14+/t18-,20+,23+/m1/s1. The third-order valence-electron chi connectivity index (χ3n) is 6.81. The Labute approximate surface area is 159 Å². The number of ether oxygens (including phenoxy) is 1. The molecule has 1 aliphatic heterocycles. The topological polar surface area (TPSA) is 29.5 Å². The zero-order valence-electron chi connectivity index (χ0n) is 17.2. The van der Waals surface area contributed by atoms with Crippen LogP contribution in [0.2, 0.25) is 0 Å². The molecule has 0 spiro atoms. The maximum atomic E-state index is 12.3. The molecule has 0 aromatic rings. The SMILES string of the molecule is C=CC1=C(/C=C(\C)OC(=O)C(C)(C)C)[C@]23CCCC[C@@H]2[C@H](C1)N(C)CC3. The van der Waals surface area contributed by atoms with Crippen LogP contribution in [0.1, 0.15) is 66.2 Å². The summed E-state index contributed by atoms with van der Waals surface area (Å²) in [7, 11) is 2.28. The van der Waals surface area contributed by atoms with Gasteiger partial charge in [-0.15, -0.1) is 0 Å². The Morgan fingerprint density at radius 2 is 2.04 bits per heavy atom. The van der Waals surface area contributed by atoms with E-state index >= 15 is 0 Å². The fourth-order valence-electron chi connectivity index (χ4n) is 5.37. The lowest BCUT2D eigenvalue weighted by Gasteiger charge is -2.58. The highest BCUT2D eigenvalue weighted by atomic mass is 16.5. The Balaban J connectivity index is 2.00. The summed E-state index contributed by atoms with van der Waals surface area (Å²) in [4.78, 5) is 14.9. The molecule has 0 aromatic carbocycles. The van der Waals surface area contributed by atoms with E-state index in [1.807, 2.05) is 33.8 Å². The van der Waals surface area contributed by atoms with Gasteiger partial charge in [0.1, 0.15) is 5.76 Å². The lowest BCUT2D eigenvalue weighted by Crippen LogP contribution is -2.57. The lowest BCUT2D eigenvalue weighted by molar-refractivity contribution is -0.148. The molecular weight excluding hydrogens is 322 g/mol. The predicted molar refractivity (Wildman–Crippen MR) is 107 cm³/mol. The molecule has 3 nitrogen and oxygen atoms in total. The van der Waals surface area contributed by atoms with Gasteiger partial charge in [-0.25, -0.2) is 0 Å². The third-order valence-corrected chi connectivity index (χ3v) is 6.81. The number of piperidine rings is 1. The monoisotopic (exact) mass is 357 g/mol. The van der Waals surface area contributed by atoms with Gasteiger partial charge in [-0.3, -0.25) is 4.79 Å². The normalized spacial score (nSPS) is 32.9. The summed E-state index contributed by atoms with van der Waals surface area (Å²) in [5.74, 6) is 1.27. The molecular formula is C23H35NO2. The van der Waals surface area contributed by atoms with Gasteiger partial charge in [-0.05, 0) is 90.1 Å². The molecule has 3 aliphatic rings. The summed E-state index contributed by atoms with van der Waals surface area (Å²) < 4.78 is 5.69. The van der Waals surface area contributed by atoms with Crippen LogP contribution in [0.4, 0.5) is 0 Å². The average molecular weight is 358 g/mol. The summed E-state index contributed by atoms with van der Waals surface area (Å²) in [5.41, 5.74) is 2.51. The molecule has 2 bridgehead atoms. The first kappa shape index (κ1) is 19.4. The molecule has 1 heterocycles. The lowest BCUT2D eigenvalue weighted by atomic mass is 9.52. The number of nitrogens with zero attached hydrogens (tertiary/aromatic N) is 1. The van der Waals surface area contributed by atoms with Gasteiger partial charge in [0, 0.05) is 11.5 Å². The van der Waals surface area contributed by atoms with Gasteiger partial charge in [-0.1, -0.05) is 25.5 Å². The molecule has 144 valence electrons. The molecule has 3 rings (SSSR count). The van der Waals surface area contributed by atoms with Crippen molar-refractivity contribution >= 4 is 5.97 Å². The zero-order chi connectivity index (χ0) is 19.1. The maximum Gasteiger partial charge on any atom is 0.316 e. The van der Waals surface area contributed by atoms with Crippen molar-refractivity contribution in [3.8, 4) is 0 Å². The van der Waals surface area contributed by atoms with Gasteiger partial charge in [-0.2, -0.15) is 0 Å². The molecule has 2 aliphatic carbocycles. The van der Waals surface area contributed by atoms with Gasteiger partial charge in [0.05, 0.1) is 5.41 Å². The van der Waals surface area contributed by atoms with Crippen LogP contribution in [0.25, 0.3) is 0 Å². The highest BCUT2D eigenvalue weighted by Gasteiger charge is 2.53. The highest BCUT2D eigenvalue weighted by molar-refractivity contribution is 5.76. The van der Waals surface area contributed by atoms with Gasteiger partial charge >= 0.3 is 5.97 Å². The number of likely N-dealkylation sites (tertiary alicyclic amines) is 1. The fraction of sp³-hybridized carbons (Fsp3) is 0.696. The molecule has 0 radical (unpaired) electrons. The predicted octanol–water partition coefficient (Wildman–Crippen LogP) is 5.25. The van der Waals surface area contributed by atoms with E-state index in [1.54, 1.807) is 0 Å². The van der Waals surface area contributed by atoms with Crippen molar-refractivity contribution in [1.82, 2.24) is 4.90 Å². The number of hydrogen-bond acceptors (Lipinski definition) is 3. The van der Waals surface area contributed by atoms with Crippen LogP contribution in [-0.4, -0.2) is 30.5 Å². The smallest absolute Gasteiger partial charge is 0.316 e. The average Bonchev–Trinajstić information content (AvgIpc) is 2.58. The van der Waals surface area contributed by atoms with Crippen molar-refractivity contribution < 1.29 is 9.53 Å². The number of hydrogen-bond donors (Lipinski definition) is 0. The van der Waals surface area contributed by atoms with E-state index in [4.69, 9.17) is 4.74 Å². The minimum atomic E-state index is -0.485. The second-order valence-electron chi connectivity index (χ2n) is 9.55. The molecule has 0 amide bonds. The number of carbonyl (C=O) groups is 1. The Kier molecular flexibility index (Phi) is 5.22. The van der Waals surface area contributed by atoms with Crippen LogP contribution in [-0.2, 0) is 9.53 Å². The summed E-state index contributed by atoms with van der Waals surface area (Å²) >= 11 is 0. The van der Waals surface area contributed by atoms with Crippen LogP contribution in [0.5, 0.6) is 0 Å². The minimum Gasteiger partial charge on any atom is -0.431 e. The molecule has 26 heavy (non-hydrogen) atoms. The fourth-order valence-corrected chi connectivity index (χ4v) is 5.37. The molecule has 0 aromatic heterocycles. The van der Waals surface area contributed by atoms with Crippen LogP contribution in [0.3, 0.4) is 0 Å². The Morgan fingerprint density at radius 1 is 1.31 bits per heavy atom. The summed E-state index contributed by atoms with van der Waals surface area (Å²) in [6.07, 6.45) is 11.7. The van der Waals surface area contributed by atoms with E-state index in [2.05, 4.69) is 24.6 Å². The number of esters is 1. The van der Waals surface area contributed by atoms with Crippen molar-refractivity contribution in [2.45, 2.75) is 72.3 Å². The van der Waals surface area contributed by atoms with Crippen molar-refractivity contribution in [2.75, 3.05) is 13.6 Å². The molecule has 3 atom stereocenters. The summed E-state index contributed by atoms with van der Waals surface area (Å²) in [6, 6.07) is 0.631. The first-order valence-electron chi connectivity index (χ1n) is 10.2. The Hall–Kier alpha value is -1.35. The van der Waals surface area contributed by atoms with E-state index < -0.39 is 5.41 Å². The summed E-state index contributed by atoms with van der Waals surface area (Å²) in [5, 5.41) is 0. The molecule has 0 N–H and O–H groups in total. The van der Waals surface area contributed by atoms with Crippen LogP contribution < -0.4 is 0 Å². The van der Waals surface area contributed by atoms with Crippen molar-refractivity contribution in [3.63, 3.8) is 0 Å². The Morgan fingerprint density at radius 3 is 2.69 bits per heavy atom. The first-order chi connectivity index (χ1) is 12.2. The number of rotatable bonds is 3. The van der Waals surface area contributed by atoms with Crippen LogP contribution in [0.15, 0.2) is 35.6 Å². The second kappa shape index (κ2) is 6.99. The second-order valence-corrected chi connectivity index (χ2v) is 9.55. The van der Waals surface area contributed by atoms with E-state index in [1.165, 1.54) is 43.3 Å². The molecule has 0 unspecified atom stereocenters. The maximum absolute atomic E-state index is 12.3. The highest BCUT2D eigenvalue weighted by Crippen LogP contribution is 2.59. The minimum absolute atomic E-state index is 0.165. The van der Waals surface area contributed by atoms with Crippen molar-refractivity contribution in [3.05, 3.63) is 35.6 Å². The van der Waals surface area contributed by atoms with Crippen LogP contribution >= 0.6 is 0 Å². The molecule has 3 heteroatoms. The van der Waals surface area contributed by atoms with Gasteiger partial charge in [0.25, 0.3) is 0 Å². The molecule has 1 saturated carbocycles. The van der Waals surface area contributed by atoms with E-state index in [0.717, 1.165) is 24.6 Å². The van der Waals surface area contributed by atoms with Crippen molar-refractivity contribution in [1.29, 1.82) is 0 Å².